The van der Waals surface area contributed by atoms with Gasteiger partial charge in [0.05, 0.1) is 17.7 Å². The van der Waals surface area contributed by atoms with E-state index in [4.69, 9.17) is 4.74 Å². The van der Waals surface area contributed by atoms with E-state index in [0.717, 1.165) is 24.8 Å². The number of rotatable bonds is 7. The van der Waals surface area contributed by atoms with Crippen molar-refractivity contribution in [2.24, 2.45) is 0 Å². The fraction of sp³-hybridized carbons (Fsp3) is 0.316. The summed E-state index contributed by atoms with van der Waals surface area (Å²) in [6.45, 7) is 2.04. The number of hydrogen-bond donors (Lipinski definition) is 2. The highest BCUT2D eigenvalue weighted by Gasteiger charge is 2.28. The molecule has 1 aliphatic rings. The Labute approximate surface area is 153 Å². The van der Waals surface area contributed by atoms with Gasteiger partial charge >= 0.3 is 0 Å². The molecule has 0 aliphatic heterocycles. The van der Waals surface area contributed by atoms with E-state index in [9.17, 15) is 13.2 Å². The Morgan fingerprint density at radius 3 is 2.42 bits per heavy atom. The number of aryl methyl sites for hydroxylation is 1. The number of amides is 1. The van der Waals surface area contributed by atoms with Crippen LogP contribution in [0.4, 0.5) is 5.69 Å². The summed E-state index contributed by atoms with van der Waals surface area (Å²) in [5.41, 5.74) is 1.95. The van der Waals surface area contributed by atoms with E-state index >= 15 is 0 Å². The number of ether oxygens (including phenoxy) is 1. The maximum atomic E-state index is 12.5. The molecule has 2 aromatic carbocycles. The molecular formula is C19H22N2O4S. The number of methoxy groups -OCH3 is 1. The zero-order chi connectivity index (χ0) is 18.7. The van der Waals surface area contributed by atoms with Crippen molar-refractivity contribution in [2.45, 2.75) is 37.1 Å². The summed E-state index contributed by atoms with van der Waals surface area (Å²) in [5.74, 6) is 0.0737. The number of benzene rings is 2. The van der Waals surface area contributed by atoms with E-state index < -0.39 is 10.0 Å². The van der Waals surface area contributed by atoms with Gasteiger partial charge in [0.1, 0.15) is 5.75 Å². The summed E-state index contributed by atoms with van der Waals surface area (Å²) < 4.78 is 32.7. The summed E-state index contributed by atoms with van der Waals surface area (Å²) in [4.78, 5) is 12.6. The second kappa shape index (κ2) is 7.47. The van der Waals surface area contributed by atoms with E-state index in [1.165, 1.54) is 25.3 Å². The predicted molar refractivity (Wildman–Crippen MR) is 100 cm³/mol. The number of carbonyl (C=O) groups is 1. The van der Waals surface area contributed by atoms with Gasteiger partial charge < -0.3 is 10.1 Å². The van der Waals surface area contributed by atoms with Crippen LogP contribution in [0.2, 0.25) is 0 Å². The van der Waals surface area contributed by atoms with Gasteiger partial charge in [0.15, 0.2) is 0 Å². The Morgan fingerprint density at radius 2 is 1.85 bits per heavy atom. The van der Waals surface area contributed by atoms with Crippen LogP contribution >= 0.6 is 0 Å². The van der Waals surface area contributed by atoms with Crippen LogP contribution < -0.4 is 14.8 Å². The zero-order valence-electron chi connectivity index (χ0n) is 14.8. The Kier molecular flexibility index (Phi) is 5.29. The van der Waals surface area contributed by atoms with Crippen LogP contribution in [0.3, 0.4) is 0 Å². The van der Waals surface area contributed by atoms with Crippen molar-refractivity contribution < 1.29 is 17.9 Å². The van der Waals surface area contributed by atoms with E-state index in [1.54, 1.807) is 12.1 Å². The van der Waals surface area contributed by atoms with Crippen molar-refractivity contribution in [3.05, 3.63) is 53.6 Å². The van der Waals surface area contributed by atoms with Crippen LogP contribution in [0, 0.1) is 0 Å². The Morgan fingerprint density at radius 1 is 1.15 bits per heavy atom. The van der Waals surface area contributed by atoms with Gasteiger partial charge in [-0.3, -0.25) is 4.79 Å². The zero-order valence-corrected chi connectivity index (χ0v) is 15.6. The molecule has 1 saturated carbocycles. The first-order valence-corrected chi connectivity index (χ1v) is 10.0. The third-order valence-electron chi connectivity index (χ3n) is 4.25. The average Bonchev–Trinajstić information content (AvgIpc) is 3.45. The molecule has 0 spiro atoms. The molecule has 0 aromatic heterocycles. The molecule has 1 fully saturated rings. The van der Waals surface area contributed by atoms with Crippen molar-refractivity contribution in [2.75, 3.05) is 12.4 Å². The van der Waals surface area contributed by atoms with Gasteiger partial charge in [-0.1, -0.05) is 19.1 Å². The molecule has 2 aromatic rings. The minimum atomic E-state index is -3.61. The number of nitrogens with one attached hydrogen (secondary N) is 2. The fourth-order valence-electron chi connectivity index (χ4n) is 2.53. The molecule has 138 valence electrons. The standard InChI is InChI=1S/C19H22N2O4S/c1-3-13-4-6-14(7-5-13)19(22)20-17-12-16(10-11-18(17)25-2)26(23,24)21-15-8-9-15/h4-7,10-12,15,21H,3,8-9H2,1-2H3,(H,20,22). The fourth-order valence-corrected chi connectivity index (χ4v) is 3.86. The second-order valence-electron chi connectivity index (χ2n) is 6.26. The maximum Gasteiger partial charge on any atom is 0.255 e. The Hall–Kier alpha value is -2.38. The summed E-state index contributed by atoms with van der Waals surface area (Å²) in [5, 5.41) is 2.74. The van der Waals surface area contributed by atoms with E-state index in [0.29, 0.717) is 17.0 Å². The summed E-state index contributed by atoms with van der Waals surface area (Å²) in [6.07, 6.45) is 2.60. The lowest BCUT2D eigenvalue weighted by Gasteiger charge is -2.13. The highest BCUT2D eigenvalue weighted by atomic mass is 32.2. The first kappa shape index (κ1) is 18.4. The van der Waals surface area contributed by atoms with E-state index in [1.807, 2.05) is 19.1 Å². The molecule has 26 heavy (non-hydrogen) atoms. The first-order chi connectivity index (χ1) is 12.4. The first-order valence-electron chi connectivity index (χ1n) is 8.53. The van der Waals surface area contributed by atoms with Crippen LogP contribution in [-0.4, -0.2) is 27.5 Å². The lowest BCUT2D eigenvalue weighted by atomic mass is 10.1. The van der Waals surface area contributed by atoms with Crippen LogP contribution in [0.15, 0.2) is 47.4 Å². The largest absolute Gasteiger partial charge is 0.495 e. The monoisotopic (exact) mass is 374 g/mol. The summed E-state index contributed by atoms with van der Waals surface area (Å²) in [7, 11) is -2.14. The van der Waals surface area contributed by atoms with Gasteiger partial charge in [0.2, 0.25) is 10.0 Å². The smallest absolute Gasteiger partial charge is 0.255 e. The molecule has 2 N–H and O–H groups in total. The molecule has 0 heterocycles. The highest BCUT2D eigenvalue weighted by molar-refractivity contribution is 7.89. The number of anilines is 1. The van der Waals surface area contributed by atoms with Crippen LogP contribution in [0.25, 0.3) is 0 Å². The number of hydrogen-bond acceptors (Lipinski definition) is 4. The lowest BCUT2D eigenvalue weighted by Crippen LogP contribution is -2.25. The Bertz CT molecular complexity index is 904. The van der Waals surface area contributed by atoms with Crippen LogP contribution in [-0.2, 0) is 16.4 Å². The van der Waals surface area contributed by atoms with Crippen molar-refractivity contribution in [1.29, 1.82) is 0 Å². The van der Waals surface area contributed by atoms with Crippen molar-refractivity contribution >= 4 is 21.6 Å². The lowest BCUT2D eigenvalue weighted by molar-refractivity contribution is 0.102. The highest BCUT2D eigenvalue weighted by Crippen LogP contribution is 2.29. The van der Waals surface area contributed by atoms with Gasteiger partial charge in [-0.15, -0.1) is 0 Å². The normalized spacial score (nSPS) is 14.1. The molecule has 1 amide bonds. The minimum Gasteiger partial charge on any atom is -0.495 e. The molecule has 7 heteroatoms. The van der Waals surface area contributed by atoms with Gasteiger partial charge in [0, 0.05) is 11.6 Å². The van der Waals surface area contributed by atoms with Gasteiger partial charge in [0.25, 0.3) is 5.91 Å². The third-order valence-corrected chi connectivity index (χ3v) is 5.77. The predicted octanol–water partition coefficient (Wildman–Crippen LogP) is 2.95. The van der Waals surface area contributed by atoms with Crippen molar-refractivity contribution in [3.63, 3.8) is 0 Å². The van der Waals surface area contributed by atoms with Crippen molar-refractivity contribution in [3.8, 4) is 5.75 Å². The molecule has 3 rings (SSSR count). The van der Waals surface area contributed by atoms with E-state index in [-0.39, 0.29) is 16.8 Å². The minimum absolute atomic E-state index is 0.0113. The summed E-state index contributed by atoms with van der Waals surface area (Å²) in [6, 6.07) is 11.7. The molecule has 0 saturated heterocycles. The number of sulfonamides is 1. The maximum absolute atomic E-state index is 12.5. The average molecular weight is 374 g/mol. The molecule has 6 nitrogen and oxygen atoms in total. The summed E-state index contributed by atoms with van der Waals surface area (Å²) >= 11 is 0. The quantitative estimate of drug-likeness (QED) is 0.780. The second-order valence-corrected chi connectivity index (χ2v) is 7.98. The van der Waals surface area contributed by atoms with Gasteiger partial charge in [-0.2, -0.15) is 0 Å². The van der Waals surface area contributed by atoms with Crippen LogP contribution in [0.1, 0.15) is 35.7 Å². The number of carbonyl (C=O) groups excluding carboxylic acids is 1. The molecular weight excluding hydrogens is 352 g/mol. The van der Waals surface area contributed by atoms with Crippen molar-refractivity contribution in [1.82, 2.24) is 4.72 Å². The Balaban J connectivity index is 1.84. The van der Waals surface area contributed by atoms with Gasteiger partial charge in [-0.05, 0) is 55.2 Å². The van der Waals surface area contributed by atoms with Crippen LogP contribution in [0.5, 0.6) is 5.75 Å². The third kappa shape index (κ3) is 4.23. The molecule has 0 atom stereocenters. The molecule has 0 bridgehead atoms. The van der Waals surface area contributed by atoms with Gasteiger partial charge in [-0.25, -0.2) is 13.1 Å². The molecule has 1 aliphatic carbocycles. The van der Waals surface area contributed by atoms with E-state index in [2.05, 4.69) is 10.0 Å². The molecule has 0 unspecified atom stereocenters. The topological polar surface area (TPSA) is 84.5 Å². The SMILES string of the molecule is CCc1ccc(C(=O)Nc2cc(S(=O)(=O)NC3CC3)ccc2OC)cc1. The molecule has 0 radical (unpaired) electrons.